The van der Waals surface area contributed by atoms with Crippen LogP contribution in [0.5, 0.6) is 0 Å². The summed E-state index contributed by atoms with van der Waals surface area (Å²) in [5, 5.41) is 11.2. The lowest BCUT2D eigenvalue weighted by Crippen LogP contribution is -2.33. The van der Waals surface area contributed by atoms with Gasteiger partial charge in [-0.05, 0) is 49.7 Å². The molecular weight excluding hydrogens is 254 g/mol. The van der Waals surface area contributed by atoms with E-state index in [4.69, 9.17) is 4.74 Å². The maximum atomic E-state index is 12.0. The summed E-state index contributed by atoms with van der Waals surface area (Å²) in [5.41, 5.74) is 3.37. The number of aromatic nitrogens is 2. The molecule has 1 aromatic rings. The molecule has 0 bridgehead atoms. The van der Waals surface area contributed by atoms with Gasteiger partial charge in [-0.15, -0.1) is 0 Å². The molecule has 2 aliphatic rings. The molecule has 1 fully saturated rings. The summed E-state index contributed by atoms with van der Waals surface area (Å²) in [6.45, 7) is 1.43. The molecule has 5 nitrogen and oxygen atoms in total. The molecule has 0 radical (unpaired) electrons. The Morgan fingerprint density at radius 1 is 1.35 bits per heavy atom. The van der Waals surface area contributed by atoms with Gasteiger partial charge in [-0.25, -0.2) is 0 Å². The topological polar surface area (TPSA) is 64.1 Å². The number of amides is 1. The first-order valence-corrected chi connectivity index (χ1v) is 7.53. The van der Waals surface area contributed by atoms with Gasteiger partial charge >= 0.3 is 0 Å². The summed E-state index contributed by atoms with van der Waals surface area (Å²) < 4.78 is 5.50. The van der Waals surface area contributed by atoms with Gasteiger partial charge < -0.3 is 10.1 Å². The Balaban J connectivity index is 1.58. The van der Waals surface area contributed by atoms with Crippen molar-refractivity contribution in [2.24, 2.45) is 0 Å². The molecule has 3 rings (SSSR count). The zero-order chi connectivity index (χ0) is 13.8. The highest BCUT2D eigenvalue weighted by molar-refractivity contribution is 5.78. The van der Waals surface area contributed by atoms with Crippen LogP contribution >= 0.6 is 0 Å². The predicted molar refractivity (Wildman–Crippen MR) is 74.4 cm³/mol. The number of carbonyl (C=O) groups is 1. The van der Waals surface area contributed by atoms with E-state index in [9.17, 15) is 4.79 Å². The van der Waals surface area contributed by atoms with Crippen molar-refractivity contribution < 1.29 is 9.53 Å². The predicted octanol–water partition coefficient (Wildman–Crippen LogP) is 1.19. The number of nitrogens with one attached hydrogen (secondary N) is 1. The number of nitrogens with zero attached hydrogens (tertiary/aromatic N) is 2. The van der Waals surface area contributed by atoms with Crippen LogP contribution in [0.25, 0.3) is 0 Å². The fourth-order valence-corrected chi connectivity index (χ4v) is 3.02. The minimum absolute atomic E-state index is 0.0220. The number of rotatable bonds is 4. The van der Waals surface area contributed by atoms with Crippen molar-refractivity contribution in [3.8, 4) is 0 Å². The van der Waals surface area contributed by atoms with Crippen molar-refractivity contribution >= 4 is 5.91 Å². The van der Waals surface area contributed by atoms with E-state index in [0.717, 1.165) is 38.0 Å². The van der Waals surface area contributed by atoms with Crippen molar-refractivity contribution in [3.05, 3.63) is 23.0 Å². The largest absolute Gasteiger partial charge is 0.376 e. The third-order valence-corrected chi connectivity index (χ3v) is 4.13. The third kappa shape index (κ3) is 3.15. The average molecular weight is 275 g/mol. The number of hydrogen-bond acceptors (Lipinski definition) is 4. The van der Waals surface area contributed by atoms with Crippen LogP contribution < -0.4 is 5.32 Å². The Hall–Kier alpha value is -1.49. The molecule has 2 heterocycles. The second-order valence-electron chi connectivity index (χ2n) is 5.62. The van der Waals surface area contributed by atoms with Crippen LogP contribution in [0.2, 0.25) is 0 Å². The summed E-state index contributed by atoms with van der Waals surface area (Å²) in [4.78, 5) is 12.0. The molecule has 1 aliphatic heterocycles. The van der Waals surface area contributed by atoms with E-state index in [1.807, 2.05) is 6.20 Å². The first-order valence-electron chi connectivity index (χ1n) is 7.53. The molecule has 0 aromatic carbocycles. The van der Waals surface area contributed by atoms with E-state index in [1.54, 1.807) is 0 Å². The minimum Gasteiger partial charge on any atom is -0.376 e. The van der Waals surface area contributed by atoms with Crippen LogP contribution in [0.3, 0.4) is 0 Å². The Labute approximate surface area is 119 Å². The molecule has 1 aliphatic carbocycles. The fourth-order valence-electron chi connectivity index (χ4n) is 3.02. The van der Waals surface area contributed by atoms with Crippen molar-refractivity contribution in [2.75, 3.05) is 13.2 Å². The van der Waals surface area contributed by atoms with Crippen LogP contribution in [-0.4, -0.2) is 35.4 Å². The van der Waals surface area contributed by atoms with E-state index < -0.39 is 0 Å². The van der Waals surface area contributed by atoms with Gasteiger partial charge in [-0.1, -0.05) is 0 Å². The van der Waals surface area contributed by atoms with Gasteiger partial charge in [0.1, 0.15) is 0 Å². The first-order chi connectivity index (χ1) is 9.83. The highest BCUT2D eigenvalue weighted by Gasteiger charge is 2.19. The van der Waals surface area contributed by atoms with Crippen molar-refractivity contribution in [3.63, 3.8) is 0 Å². The van der Waals surface area contributed by atoms with Gasteiger partial charge in [0.15, 0.2) is 0 Å². The molecular formula is C15H21N3O2. The van der Waals surface area contributed by atoms with Crippen LogP contribution in [0.15, 0.2) is 6.20 Å². The highest BCUT2D eigenvalue weighted by atomic mass is 16.5. The zero-order valence-electron chi connectivity index (χ0n) is 11.7. The molecule has 0 saturated carbocycles. The second-order valence-corrected chi connectivity index (χ2v) is 5.62. The Kier molecular flexibility index (Phi) is 4.25. The van der Waals surface area contributed by atoms with Gasteiger partial charge in [-0.3, -0.25) is 4.79 Å². The minimum atomic E-state index is 0.0220. The molecule has 1 unspecified atom stereocenters. The molecule has 108 valence electrons. The first kappa shape index (κ1) is 13.5. The maximum Gasteiger partial charge on any atom is 0.226 e. The molecule has 1 aromatic heterocycles. The van der Waals surface area contributed by atoms with Crippen molar-refractivity contribution in [1.82, 2.24) is 15.5 Å². The Bertz CT molecular complexity index is 484. The van der Waals surface area contributed by atoms with Gasteiger partial charge in [0.05, 0.1) is 24.4 Å². The second kappa shape index (κ2) is 6.31. The molecule has 0 spiro atoms. The van der Waals surface area contributed by atoms with Gasteiger partial charge in [0.2, 0.25) is 5.91 Å². The Morgan fingerprint density at radius 3 is 3.10 bits per heavy atom. The van der Waals surface area contributed by atoms with E-state index >= 15 is 0 Å². The number of hydrogen-bond donors (Lipinski definition) is 1. The van der Waals surface area contributed by atoms with E-state index in [0.29, 0.717) is 13.0 Å². The zero-order valence-corrected chi connectivity index (χ0v) is 11.7. The van der Waals surface area contributed by atoms with Crippen LogP contribution in [0, 0.1) is 0 Å². The average Bonchev–Trinajstić information content (AvgIpc) is 2.99. The smallest absolute Gasteiger partial charge is 0.226 e. The maximum absolute atomic E-state index is 12.0. The summed E-state index contributed by atoms with van der Waals surface area (Å²) >= 11 is 0. The summed E-state index contributed by atoms with van der Waals surface area (Å²) in [5.74, 6) is 0.0220. The summed E-state index contributed by atoms with van der Waals surface area (Å²) in [6.07, 6.45) is 9.00. The van der Waals surface area contributed by atoms with E-state index in [1.165, 1.54) is 24.0 Å². The number of fused-ring (bicyclic) bond motifs is 1. The Morgan fingerprint density at radius 2 is 2.25 bits per heavy atom. The van der Waals surface area contributed by atoms with Crippen LogP contribution in [-0.2, 0) is 28.8 Å². The standard InChI is InChI=1S/C15H21N3O2/c19-15(16-10-12-5-3-7-20-12)8-14-13-6-2-1-4-11(13)9-17-18-14/h9,12H,1-8,10H2,(H,16,19). The van der Waals surface area contributed by atoms with E-state index in [2.05, 4.69) is 15.5 Å². The normalized spacial score (nSPS) is 21.5. The highest BCUT2D eigenvalue weighted by Crippen LogP contribution is 2.22. The number of ether oxygens (including phenoxy) is 1. The molecule has 1 amide bonds. The molecule has 1 N–H and O–H groups in total. The fraction of sp³-hybridized carbons (Fsp3) is 0.667. The summed E-state index contributed by atoms with van der Waals surface area (Å²) in [6, 6.07) is 0. The van der Waals surface area contributed by atoms with Gasteiger partial charge in [0.25, 0.3) is 0 Å². The lowest BCUT2D eigenvalue weighted by Gasteiger charge is -2.17. The molecule has 5 heteroatoms. The van der Waals surface area contributed by atoms with Gasteiger partial charge in [-0.2, -0.15) is 10.2 Å². The summed E-state index contributed by atoms with van der Waals surface area (Å²) in [7, 11) is 0. The van der Waals surface area contributed by atoms with Crippen LogP contribution in [0.4, 0.5) is 0 Å². The van der Waals surface area contributed by atoms with Crippen molar-refractivity contribution in [1.29, 1.82) is 0 Å². The molecule has 20 heavy (non-hydrogen) atoms. The molecule has 1 saturated heterocycles. The molecule has 1 atom stereocenters. The lowest BCUT2D eigenvalue weighted by atomic mass is 9.91. The number of carbonyl (C=O) groups excluding carboxylic acids is 1. The van der Waals surface area contributed by atoms with E-state index in [-0.39, 0.29) is 12.0 Å². The van der Waals surface area contributed by atoms with Crippen molar-refractivity contribution in [2.45, 2.75) is 51.0 Å². The number of aryl methyl sites for hydroxylation is 1. The quantitative estimate of drug-likeness (QED) is 0.896. The lowest BCUT2D eigenvalue weighted by molar-refractivity contribution is -0.121. The van der Waals surface area contributed by atoms with Gasteiger partial charge in [0, 0.05) is 13.2 Å². The third-order valence-electron chi connectivity index (χ3n) is 4.13. The SMILES string of the molecule is O=C(Cc1nncc2c1CCCC2)NCC1CCCO1. The van der Waals surface area contributed by atoms with Crippen LogP contribution in [0.1, 0.15) is 42.5 Å². The monoisotopic (exact) mass is 275 g/mol.